The predicted octanol–water partition coefficient (Wildman–Crippen LogP) is 3.82. The first-order chi connectivity index (χ1) is 18.7. The van der Waals surface area contributed by atoms with Crippen LogP contribution >= 0.6 is 0 Å². The van der Waals surface area contributed by atoms with E-state index in [4.69, 9.17) is 15.0 Å². The van der Waals surface area contributed by atoms with Crippen LogP contribution in [0.25, 0.3) is 11.0 Å². The van der Waals surface area contributed by atoms with Gasteiger partial charge in [-0.05, 0) is 69.0 Å². The number of sulfonamides is 1. The molecule has 0 saturated carbocycles. The number of carbonyl (C=O) groups is 1. The van der Waals surface area contributed by atoms with Crippen molar-refractivity contribution in [2.75, 3.05) is 38.1 Å². The molecule has 0 radical (unpaired) electrons. The second-order valence-corrected chi connectivity index (χ2v) is 11.1. The Balaban J connectivity index is 1.78. The lowest BCUT2D eigenvalue weighted by molar-refractivity contribution is -0.141. The third-order valence-corrected chi connectivity index (χ3v) is 8.01. The molecule has 4 aromatic rings. The van der Waals surface area contributed by atoms with Crippen LogP contribution in [0.15, 0.2) is 77.7 Å². The molecule has 0 atom stereocenters. The molecule has 0 N–H and O–H groups in total. The first-order valence-corrected chi connectivity index (χ1v) is 14.0. The lowest BCUT2D eigenvalue weighted by atomic mass is 10.1. The van der Waals surface area contributed by atoms with Gasteiger partial charge >= 0.3 is 5.97 Å². The minimum Gasteiger partial charge on any atom is -0.465 e. The van der Waals surface area contributed by atoms with E-state index in [9.17, 15) is 13.2 Å². The number of esters is 1. The van der Waals surface area contributed by atoms with Gasteiger partial charge in [0.25, 0.3) is 10.0 Å². The Morgan fingerprint density at radius 3 is 2.41 bits per heavy atom. The van der Waals surface area contributed by atoms with Gasteiger partial charge < -0.3 is 14.2 Å². The van der Waals surface area contributed by atoms with Crippen LogP contribution in [0, 0.1) is 11.3 Å². The van der Waals surface area contributed by atoms with Crippen LogP contribution in [-0.4, -0.2) is 62.6 Å². The van der Waals surface area contributed by atoms with Crippen molar-refractivity contribution in [2.24, 2.45) is 0 Å². The van der Waals surface area contributed by atoms with Gasteiger partial charge in [0.05, 0.1) is 39.9 Å². The molecule has 1 aromatic heterocycles. The number of aromatic nitrogens is 2. The van der Waals surface area contributed by atoms with Crippen molar-refractivity contribution in [3.8, 4) is 6.07 Å². The van der Waals surface area contributed by atoms with Gasteiger partial charge in [0, 0.05) is 19.5 Å². The van der Waals surface area contributed by atoms with Crippen molar-refractivity contribution in [3.63, 3.8) is 0 Å². The topological polar surface area (TPSA) is 109 Å². The zero-order chi connectivity index (χ0) is 28.0. The number of ether oxygens (including phenoxy) is 1. The Bertz CT molecular complexity index is 1590. The number of hydrogen-bond acceptors (Lipinski definition) is 7. The molecule has 4 rings (SSSR count). The van der Waals surface area contributed by atoms with Gasteiger partial charge in [-0.2, -0.15) is 5.26 Å². The summed E-state index contributed by atoms with van der Waals surface area (Å²) in [5, 5.41) is 9.12. The minimum atomic E-state index is -4.05. The summed E-state index contributed by atoms with van der Waals surface area (Å²) in [5.74, 6) is 0.173. The molecule has 1 heterocycles. The van der Waals surface area contributed by atoms with E-state index in [1.54, 1.807) is 49.4 Å². The Labute approximate surface area is 228 Å². The van der Waals surface area contributed by atoms with Crippen molar-refractivity contribution in [3.05, 3.63) is 89.7 Å². The van der Waals surface area contributed by atoms with E-state index in [2.05, 4.69) is 15.5 Å². The highest BCUT2D eigenvalue weighted by molar-refractivity contribution is 7.92. The van der Waals surface area contributed by atoms with Crippen LogP contribution < -0.4 is 4.31 Å². The van der Waals surface area contributed by atoms with Crippen LogP contribution in [-0.2, 0) is 32.5 Å². The summed E-state index contributed by atoms with van der Waals surface area (Å²) < 4.78 is 35.5. The first kappa shape index (κ1) is 27.8. The average molecular weight is 546 g/mol. The van der Waals surface area contributed by atoms with Crippen LogP contribution in [0.1, 0.15) is 23.9 Å². The van der Waals surface area contributed by atoms with E-state index >= 15 is 0 Å². The highest BCUT2D eigenvalue weighted by atomic mass is 32.2. The van der Waals surface area contributed by atoms with E-state index in [0.29, 0.717) is 29.7 Å². The predicted molar refractivity (Wildman–Crippen MR) is 150 cm³/mol. The van der Waals surface area contributed by atoms with Gasteiger partial charge in [0.1, 0.15) is 12.4 Å². The number of nitrogens with zero attached hydrogens (tertiary/aromatic N) is 5. The van der Waals surface area contributed by atoms with E-state index in [0.717, 1.165) is 27.8 Å². The lowest BCUT2D eigenvalue weighted by Gasteiger charge is -2.23. The number of anilines is 1. The zero-order valence-corrected chi connectivity index (χ0v) is 23.1. The van der Waals surface area contributed by atoms with Crippen LogP contribution in [0.4, 0.5) is 5.69 Å². The molecule has 10 heteroatoms. The largest absolute Gasteiger partial charge is 0.465 e. The van der Waals surface area contributed by atoms with Crippen molar-refractivity contribution in [1.29, 1.82) is 5.26 Å². The van der Waals surface area contributed by atoms with Gasteiger partial charge in [-0.15, -0.1) is 0 Å². The SMILES string of the molecule is CCOC(=O)CN(c1ccc2c(c1)nc(Cc1ccc(C#N)cc1)n2CCN(C)C)S(=O)(=O)c1ccccc1. The van der Waals surface area contributed by atoms with E-state index in [-0.39, 0.29) is 11.5 Å². The van der Waals surface area contributed by atoms with Crippen LogP contribution in [0.5, 0.6) is 0 Å². The van der Waals surface area contributed by atoms with E-state index in [1.165, 1.54) is 12.1 Å². The molecule has 0 bridgehead atoms. The van der Waals surface area contributed by atoms with E-state index in [1.807, 2.05) is 32.3 Å². The summed E-state index contributed by atoms with van der Waals surface area (Å²) in [7, 11) is -0.0528. The second kappa shape index (κ2) is 12.1. The summed E-state index contributed by atoms with van der Waals surface area (Å²) in [6.07, 6.45) is 0.540. The quantitative estimate of drug-likeness (QED) is 0.264. The fraction of sp³-hybridized carbons (Fsp3) is 0.276. The molecule has 0 aliphatic carbocycles. The van der Waals surface area contributed by atoms with E-state index < -0.39 is 22.5 Å². The molecule has 0 amide bonds. The third-order valence-electron chi connectivity index (χ3n) is 6.22. The molecule has 3 aromatic carbocycles. The fourth-order valence-corrected chi connectivity index (χ4v) is 5.67. The maximum Gasteiger partial charge on any atom is 0.326 e. The number of hydrogen-bond donors (Lipinski definition) is 0. The molecule has 0 aliphatic rings. The average Bonchev–Trinajstić information content (AvgIpc) is 3.27. The molecule has 0 spiro atoms. The molecule has 0 unspecified atom stereocenters. The molecule has 9 nitrogen and oxygen atoms in total. The van der Waals surface area contributed by atoms with Crippen molar-refractivity contribution >= 4 is 32.7 Å². The summed E-state index contributed by atoms with van der Waals surface area (Å²) in [5.41, 5.74) is 3.39. The third kappa shape index (κ3) is 6.45. The molecule has 0 fully saturated rings. The lowest BCUT2D eigenvalue weighted by Crippen LogP contribution is -2.36. The first-order valence-electron chi connectivity index (χ1n) is 12.6. The van der Waals surface area contributed by atoms with Crippen molar-refractivity contribution in [2.45, 2.75) is 24.8 Å². The number of carbonyl (C=O) groups excluding carboxylic acids is 1. The second-order valence-electron chi connectivity index (χ2n) is 9.27. The van der Waals surface area contributed by atoms with Gasteiger partial charge in [-0.25, -0.2) is 13.4 Å². The number of imidazole rings is 1. The van der Waals surface area contributed by atoms with Crippen LogP contribution in [0.3, 0.4) is 0 Å². The molecule has 39 heavy (non-hydrogen) atoms. The maximum absolute atomic E-state index is 13.6. The van der Waals surface area contributed by atoms with Gasteiger partial charge in [0.2, 0.25) is 0 Å². The number of fused-ring (bicyclic) bond motifs is 1. The summed E-state index contributed by atoms with van der Waals surface area (Å²) >= 11 is 0. The normalized spacial score (nSPS) is 11.5. The smallest absolute Gasteiger partial charge is 0.326 e. The highest BCUT2D eigenvalue weighted by Crippen LogP contribution is 2.28. The summed E-state index contributed by atoms with van der Waals surface area (Å²) in [6, 6.07) is 22.8. The zero-order valence-electron chi connectivity index (χ0n) is 22.2. The molecule has 202 valence electrons. The maximum atomic E-state index is 13.6. The minimum absolute atomic E-state index is 0.0763. The van der Waals surface area contributed by atoms with Crippen molar-refractivity contribution in [1.82, 2.24) is 14.5 Å². The number of likely N-dealkylation sites (N-methyl/N-ethyl adjacent to an activating group) is 1. The fourth-order valence-electron chi connectivity index (χ4n) is 4.25. The molecule has 0 aliphatic heterocycles. The number of benzene rings is 3. The molecule has 0 saturated heterocycles. The number of nitriles is 1. The number of rotatable bonds is 11. The Kier molecular flexibility index (Phi) is 8.64. The Morgan fingerprint density at radius 2 is 1.77 bits per heavy atom. The van der Waals surface area contributed by atoms with Gasteiger partial charge in [-0.1, -0.05) is 30.3 Å². The Hall–Kier alpha value is -4.20. The summed E-state index contributed by atoms with van der Waals surface area (Å²) in [4.78, 5) is 19.5. The molecular weight excluding hydrogens is 514 g/mol. The van der Waals surface area contributed by atoms with Crippen molar-refractivity contribution < 1.29 is 17.9 Å². The summed E-state index contributed by atoms with van der Waals surface area (Å²) in [6.45, 7) is 2.83. The highest BCUT2D eigenvalue weighted by Gasteiger charge is 2.28. The van der Waals surface area contributed by atoms with Crippen LogP contribution in [0.2, 0.25) is 0 Å². The Morgan fingerprint density at radius 1 is 1.05 bits per heavy atom. The standard InChI is InChI=1S/C29H31N5O4S/c1-4-38-29(35)21-34(39(36,37)25-8-6-5-7-9-25)24-14-15-27-26(19-24)31-28(33(27)17-16-32(2)3)18-22-10-12-23(20-30)13-11-22/h5-15,19H,4,16-18,21H2,1-3H3. The molecular formula is C29H31N5O4S. The van der Waals surface area contributed by atoms with Gasteiger partial charge in [-0.3, -0.25) is 9.10 Å². The van der Waals surface area contributed by atoms with Gasteiger partial charge in [0.15, 0.2) is 0 Å². The monoisotopic (exact) mass is 545 g/mol.